The van der Waals surface area contributed by atoms with Gasteiger partial charge in [-0.05, 0) is 32.4 Å². The van der Waals surface area contributed by atoms with Crippen molar-refractivity contribution < 1.29 is 9.90 Å². The van der Waals surface area contributed by atoms with Crippen LogP contribution in [0.25, 0.3) is 10.9 Å². The van der Waals surface area contributed by atoms with Crippen LogP contribution >= 0.6 is 0 Å². The fraction of sp³-hybridized carbons (Fsp3) is 0.438. The van der Waals surface area contributed by atoms with Crippen LogP contribution in [-0.2, 0) is 11.3 Å². The number of carbonyl (C=O) groups excluding carboxylic acids is 1. The molecule has 0 radical (unpaired) electrons. The second-order valence-corrected chi connectivity index (χ2v) is 6.05. The fourth-order valence-electron chi connectivity index (χ4n) is 2.20. The van der Waals surface area contributed by atoms with Crippen molar-refractivity contribution in [3.8, 4) is 0 Å². The lowest BCUT2D eigenvalue weighted by molar-refractivity contribution is -0.123. The first-order chi connectivity index (χ1) is 10.3. The van der Waals surface area contributed by atoms with Crippen molar-refractivity contribution in [2.75, 3.05) is 6.61 Å². The minimum absolute atomic E-state index is 0.143. The third-order valence-corrected chi connectivity index (χ3v) is 3.51. The molecule has 6 heteroatoms. The Balaban J connectivity index is 2.15. The Morgan fingerprint density at radius 2 is 2.14 bits per heavy atom. The maximum atomic E-state index is 12.4. The third-order valence-electron chi connectivity index (χ3n) is 3.51. The highest BCUT2D eigenvalue weighted by molar-refractivity contribution is 5.80. The van der Waals surface area contributed by atoms with Gasteiger partial charge in [0.2, 0.25) is 5.91 Å². The van der Waals surface area contributed by atoms with Crippen molar-refractivity contribution in [3.05, 3.63) is 40.4 Å². The summed E-state index contributed by atoms with van der Waals surface area (Å²) in [4.78, 5) is 28.5. The van der Waals surface area contributed by atoms with Gasteiger partial charge in [0.15, 0.2) is 0 Å². The number of amides is 1. The number of aliphatic hydroxyl groups excluding tert-OH is 1. The number of nitrogens with one attached hydrogen (secondary N) is 1. The molecule has 1 heterocycles. The zero-order chi connectivity index (χ0) is 16.3. The number of rotatable bonds is 5. The molecule has 0 spiro atoms. The molecule has 0 fully saturated rings. The first-order valence-corrected chi connectivity index (χ1v) is 7.21. The lowest BCUT2D eigenvalue weighted by Crippen LogP contribution is -2.46. The predicted molar refractivity (Wildman–Crippen MR) is 84.7 cm³/mol. The van der Waals surface area contributed by atoms with Crippen molar-refractivity contribution >= 4 is 16.8 Å². The van der Waals surface area contributed by atoms with Gasteiger partial charge in [-0.1, -0.05) is 12.1 Å². The van der Waals surface area contributed by atoms with Crippen LogP contribution in [0.3, 0.4) is 0 Å². The number of fused-ring (bicyclic) bond motifs is 1. The van der Waals surface area contributed by atoms with Gasteiger partial charge in [0.1, 0.15) is 0 Å². The molecule has 118 valence electrons. The number of nitrogens with zero attached hydrogens (tertiary/aromatic N) is 2. The highest BCUT2D eigenvalue weighted by Crippen LogP contribution is 2.11. The van der Waals surface area contributed by atoms with E-state index >= 15 is 0 Å². The number of hydrogen-bond donors (Lipinski definition) is 2. The summed E-state index contributed by atoms with van der Waals surface area (Å²) < 4.78 is 1.44. The minimum atomic E-state index is -0.666. The van der Waals surface area contributed by atoms with Gasteiger partial charge in [0.25, 0.3) is 5.56 Å². The molecule has 2 N–H and O–H groups in total. The number of aromatic nitrogens is 2. The van der Waals surface area contributed by atoms with Crippen molar-refractivity contribution in [2.24, 2.45) is 0 Å². The molecule has 1 aromatic carbocycles. The second kappa shape index (κ2) is 6.27. The van der Waals surface area contributed by atoms with E-state index < -0.39 is 5.54 Å². The predicted octanol–water partition coefficient (Wildman–Crippen LogP) is 0.982. The smallest absolute Gasteiger partial charge is 0.261 e. The van der Waals surface area contributed by atoms with E-state index in [1.54, 1.807) is 19.9 Å². The average molecular weight is 303 g/mol. The molecule has 0 unspecified atom stereocenters. The Morgan fingerprint density at radius 3 is 2.82 bits per heavy atom. The Hall–Kier alpha value is -2.21. The SMILES string of the molecule is Cc1cccc2c(=O)n(CCC(=O)NC(C)(C)CO)cnc12. The summed E-state index contributed by atoms with van der Waals surface area (Å²) in [5.74, 6) is -0.213. The summed E-state index contributed by atoms with van der Waals surface area (Å²) in [6.07, 6.45) is 1.63. The molecule has 1 amide bonds. The van der Waals surface area contributed by atoms with E-state index in [0.29, 0.717) is 10.9 Å². The van der Waals surface area contributed by atoms with E-state index in [-0.39, 0.29) is 31.0 Å². The summed E-state index contributed by atoms with van der Waals surface area (Å²) in [5.41, 5.74) is 0.822. The van der Waals surface area contributed by atoms with Gasteiger partial charge in [-0.15, -0.1) is 0 Å². The van der Waals surface area contributed by atoms with Crippen LogP contribution in [0.15, 0.2) is 29.3 Å². The van der Waals surface area contributed by atoms with Gasteiger partial charge in [0, 0.05) is 13.0 Å². The maximum absolute atomic E-state index is 12.4. The zero-order valence-electron chi connectivity index (χ0n) is 13.1. The van der Waals surface area contributed by atoms with Gasteiger partial charge >= 0.3 is 0 Å². The van der Waals surface area contributed by atoms with Gasteiger partial charge in [-0.25, -0.2) is 4.98 Å². The highest BCUT2D eigenvalue weighted by Gasteiger charge is 2.18. The van der Waals surface area contributed by atoms with Crippen LogP contribution in [0, 0.1) is 6.92 Å². The number of aliphatic hydroxyl groups is 1. The fourth-order valence-corrected chi connectivity index (χ4v) is 2.20. The number of para-hydroxylation sites is 1. The van der Waals surface area contributed by atoms with Crippen LogP contribution in [0.2, 0.25) is 0 Å². The van der Waals surface area contributed by atoms with E-state index in [4.69, 9.17) is 5.11 Å². The standard InChI is InChI=1S/C16H21N3O3/c1-11-5-4-6-12-14(11)17-10-19(15(12)22)8-7-13(21)18-16(2,3)9-20/h4-6,10,20H,7-9H2,1-3H3,(H,18,21). The van der Waals surface area contributed by atoms with E-state index in [2.05, 4.69) is 10.3 Å². The van der Waals surface area contributed by atoms with Crippen LogP contribution < -0.4 is 10.9 Å². The molecule has 2 rings (SSSR count). The van der Waals surface area contributed by atoms with Gasteiger partial charge < -0.3 is 10.4 Å². The Bertz CT molecular complexity index is 750. The number of aryl methyl sites for hydroxylation is 2. The Kier molecular flexibility index (Phi) is 4.61. The van der Waals surface area contributed by atoms with Gasteiger partial charge in [-0.2, -0.15) is 0 Å². The van der Waals surface area contributed by atoms with E-state index in [9.17, 15) is 9.59 Å². The van der Waals surface area contributed by atoms with Crippen LogP contribution in [0.5, 0.6) is 0 Å². The van der Waals surface area contributed by atoms with Gasteiger partial charge in [0.05, 0.1) is 29.4 Å². The van der Waals surface area contributed by atoms with Crippen LogP contribution in [-0.4, -0.2) is 32.7 Å². The molecule has 0 atom stereocenters. The second-order valence-electron chi connectivity index (χ2n) is 6.05. The van der Waals surface area contributed by atoms with Crippen molar-refractivity contribution in [1.82, 2.24) is 14.9 Å². The number of benzene rings is 1. The molecule has 6 nitrogen and oxygen atoms in total. The molecule has 1 aromatic heterocycles. The largest absolute Gasteiger partial charge is 0.394 e. The van der Waals surface area contributed by atoms with Crippen molar-refractivity contribution in [3.63, 3.8) is 0 Å². The number of hydrogen-bond acceptors (Lipinski definition) is 4. The molecule has 0 saturated heterocycles. The Labute approximate surface area is 128 Å². The molecule has 0 aliphatic carbocycles. The molecule has 0 saturated carbocycles. The zero-order valence-corrected chi connectivity index (χ0v) is 13.1. The highest BCUT2D eigenvalue weighted by atomic mass is 16.3. The number of carbonyl (C=O) groups is 1. The molecule has 0 aliphatic rings. The molecule has 22 heavy (non-hydrogen) atoms. The van der Waals surface area contributed by atoms with Crippen LogP contribution in [0.1, 0.15) is 25.8 Å². The van der Waals surface area contributed by atoms with E-state index in [0.717, 1.165) is 5.56 Å². The first kappa shape index (κ1) is 16.2. The molecule has 2 aromatic rings. The topological polar surface area (TPSA) is 84.2 Å². The third kappa shape index (κ3) is 3.51. The first-order valence-electron chi connectivity index (χ1n) is 7.21. The van der Waals surface area contributed by atoms with Crippen molar-refractivity contribution in [2.45, 2.75) is 39.3 Å². The minimum Gasteiger partial charge on any atom is -0.394 e. The lowest BCUT2D eigenvalue weighted by atomic mass is 10.1. The van der Waals surface area contributed by atoms with Crippen LogP contribution in [0.4, 0.5) is 0 Å². The molecular weight excluding hydrogens is 282 g/mol. The average Bonchev–Trinajstić information content (AvgIpc) is 2.47. The summed E-state index contributed by atoms with van der Waals surface area (Å²) in [6.45, 7) is 5.48. The summed E-state index contributed by atoms with van der Waals surface area (Å²) in [7, 11) is 0. The van der Waals surface area contributed by atoms with Gasteiger partial charge in [-0.3, -0.25) is 14.2 Å². The maximum Gasteiger partial charge on any atom is 0.261 e. The summed E-state index contributed by atoms with van der Waals surface area (Å²) >= 11 is 0. The molecule has 0 aliphatic heterocycles. The van der Waals surface area contributed by atoms with E-state index in [1.165, 1.54) is 10.9 Å². The summed E-state index contributed by atoms with van der Waals surface area (Å²) in [6, 6.07) is 5.47. The summed E-state index contributed by atoms with van der Waals surface area (Å²) in [5, 5.41) is 12.4. The van der Waals surface area contributed by atoms with Crippen molar-refractivity contribution in [1.29, 1.82) is 0 Å². The quantitative estimate of drug-likeness (QED) is 0.862. The monoisotopic (exact) mass is 303 g/mol. The Morgan fingerprint density at radius 1 is 1.41 bits per heavy atom. The normalized spacial score (nSPS) is 11.6. The molecule has 0 bridgehead atoms. The van der Waals surface area contributed by atoms with E-state index in [1.807, 2.05) is 19.1 Å². The lowest BCUT2D eigenvalue weighted by Gasteiger charge is -2.23. The molecular formula is C16H21N3O3.